The fourth-order valence-electron chi connectivity index (χ4n) is 4.22. The Hall–Kier alpha value is -1.50. The van der Waals surface area contributed by atoms with Crippen LogP contribution in [0.3, 0.4) is 0 Å². The number of Topliss-reactive ketones (excluding diaryl/α,β-unsaturated/α-hetero) is 2. The number of carbonyl (C=O) groups excluding carboxylic acids is 2. The van der Waals surface area contributed by atoms with Gasteiger partial charge < -0.3 is 14.2 Å². The summed E-state index contributed by atoms with van der Waals surface area (Å²) < 4.78 is 17.3. The molecule has 1 saturated heterocycles. The number of halogens is 1. The standard InChI is InChI=1S/C18H17BrO5/c1-22-7-8-5-12-14-15(18(8)24-12)17(21)13(16(14)20)10-4-3-9(19)6-11(10)23-2/h3-6,12-15,18H,7H2,1-2H3/t12?,13?,14-,15+,18?/m0/s1. The molecule has 1 aromatic rings. The molecule has 1 aromatic carbocycles. The van der Waals surface area contributed by atoms with E-state index < -0.39 is 11.8 Å². The lowest BCUT2D eigenvalue weighted by atomic mass is 9.81. The fourth-order valence-corrected chi connectivity index (χ4v) is 4.56. The van der Waals surface area contributed by atoms with Gasteiger partial charge in [-0.05, 0) is 17.7 Å². The fraction of sp³-hybridized carbons (Fsp3) is 0.444. The lowest BCUT2D eigenvalue weighted by Gasteiger charge is -2.19. The lowest BCUT2D eigenvalue weighted by molar-refractivity contribution is -0.127. The van der Waals surface area contributed by atoms with E-state index in [9.17, 15) is 9.59 Å². The van der Waals surface area contributed by atoms with Gasteiger partial charge in [-0.25, -0.2) is 0 Å². The van der Waals surface area contributed by atoms with Crippen molar-refractivity contribution in [3.05, 3.63) is 39.9 Å². The van der Waals surface area contributed by atoms with Gasteiger partial charge in [0.1, 0.15) is 11.7 Å². The Morgan fingerprint density at radius 2 is 1.92 bits per heavy atom. The van der Waals surface area contributed by atoms with Crippen LogP contribution in [0.4, 0.5) is 0 Å². The molecular weight excluding hydrogens is 376 g/mol. The summed E-state index contributed by atoms with van der Waals surface area (Å²) in [6.45, 7) is 0.429. The first-order valence-corrected chi connectivity index (χ1v) is 8.62. The highest BCUT2D eigenvalue weighted by Crippen LogP contribution is 2.52. The summed E-state index contributed by atoms with van der Waals surface area (Å²) in [5.74, 6) is -1.15. The van der Waals surface area contributed by atoms with Crippen molar-refractivity contribution in [3.8, 4) is 5.75 Å². The van der Waals surface area contributed by atoms with Gasteiger partial charge in [-0.15, -0.1) is 0 Å². The van der Waals surface area contributed by atoms with Crippen LogP contribution in [0.5, 0.6) is 5.75 Å². The molecule has 5 nitrogen and oxygen atoms in total. The van der Waals surface area contributed by atoms with Crippen LogP contribution in [-0.4, -0.2) is 44.6 Å². The van der Waals surface area contributed by atoms with Crippen molar-refractivity contribution < 1.29 is 23.8 Å². The zero-order valence-corrected chi connectivity index (χ0v) is 14.9. The summed E-state index contributed by atoms with van der Waals surface area (Å²) in [5.41, 5.74) is 1.60. The van der Waals surface area contributed by atoms with E-state index in [4.69, 9.17) is 14.2 Å². The minimum Gasteiger partial charge on any atom is -0.496 e. The Labute approximate surface area is 148 Å². The number of methoxy groups -OCH3 is 2. The summed E-state index contributed by atoms with van der Waals surface area (Å²) in [4.78, 5) is 26.0. The van der Waals surface area contributed by atoms with E-state index in [0.29, 0.717) is 17.9 Å². The second-order valence-electron chi connectivity index (χ2n) is 6.37. The van der Waals surface area contributed by atoms with E-state index in [1.54, 1.807) is 26.4 Å². The van der Waals surface area contributed by atoms with Crippen LogP contribution in [-0.2, 0) is 19.1 Å². The number of ether oxygens (including phenoxy) is 3. The first-order valence-electron chi connectivity index (χ1n) is 7.82. The second kappa shape index (κ2) is 5.79. The zero-order chi connectivity index (χ0) is 17.0. The number of fused-ring (bicyclic) bond motifs is 5. The molecule has 0 N–H and O–H groups in total. The Kier molecular flexibility index (Phi) is 3.86. The predicted molar refractivity (Wildman–Crippen MR) is 89.0 cm³/mol. The molecule has 1 saturated carbocycles. The molecule has 2 bridgehead atoms. The summed E-state index contributed by atoms with van der Waals surface area (Å²) in [6, 6.07) is 5.40. The van der Waals surface area contributed by atoms with E-state index in [0.717, 1.165) is 10.0 Å². The Morgan fingerprint density at radius 1 is 1.17 bits per heavy atom. The second-order valence-corrected chi connectivity index (χ2v) is 7.29. The summed E-state index contributed by atoms with van der Waals surface area (Å²) in [6.07, 6.45) is 1.30. The Bertz CT molecular complexity index is 756. The van der Waals surface area contributed by atoms with Gasteiger partial charge in [0.25, 0.3) is 0 Å². The van der Waals surface area contributed by atoms with Crippen molar-refractivity contribution in [1.82, 2.24) is 0 Å². The number of hydrogen-bond donors (Lipinski definition) is 0. The van der Waals surface area contributed by atoms with Crippen LogP contribution in [0.2, 0.25) is 0 Å². The highest BCUT2D eigenvalue weighted by Gasteiger charge is 2.63. The third kappa shape index (κ3) is 2.13. The maximum absolute atomic E-state index is 13.1. The minimum atomic E-state index is -0.771. The van der Waals surface area contributed by atoms with Crippen molar-refractivity contribution in [2.75, 3.05) is 20.8 Å². The van der Waals surface area contributed by atoms with Crippen molar-refractivity contribution in [1.29, 1.82) is 0 Å². The average molecular weight is 393 g/mol. The van der Waals surface area contributed by atoms with Crippen LogP contribution in [0.15, 0.2) is 34.3 Å². The number of benzene rings is 1. The molecule has 0 aromatic heterocycles. The Morgan fingerprint density at radius 3 is 2.62 bits per heavy atom. The quantitative estimate of drug-likeness (QED) is 0.580. The van der Waals surface area contributed by atoms with Gasteiger partial charge in [0, 0.05) is 17.1 Å². The number of hydrogen-bond acceptors (Lipinski definition) is 5. The monoisotopic (exact) mass is 392 g/mol. The van der Waals surface area contributed by atoms with E-state index in [1.807, 2.05) is 12.1 Å². The molecule has 3 aliphatic rings. The van der Waals surface area contributed by atoms with E-state index in [1.165, 1.54) is 0 Å². The SMILES string of the molecule is COCC1=CC2OC1[C@H]1C(=O)C(c3ccc(Br)cc3OC)C(=O)[C@@H]21. The van der Waals surface area contributed by atoms with Gasteiger partial charge in [0.2, 0.25) is 0 Å². The van der Waals surface area contributed by atoms with Crippen molar-refractivity contribution in [2.24, 2.45) is 11.8 Å². The van der Waals surface area contributed by atoms with Gasteiger partial charge in [-0.2, -0.15) is 0 Å². The molecule has 4 rings (SSSR count). The number of ketones is 2. The molecule has 3 unspecified atom stereocenters. The van der Waals surface area contributed by atoms with E-state index in [2.05, 4.69) is 15.9 Å². The number of carbonyl (C=O) groups is 2. The van der Waals surface area contributed by atoms with Gasteiger partial charge in [-0.1, -0.05) is 28.1 Å². The van der Waals surface area contributed by atoms with Crippen LogP contribution in [0.25, 0.3) is 0 Å². The molecule has 2 heterocycles. The molecule has 2 fully saturated rings. The van der Waals surface area contributed by atoms with Crippen LogP contribution < -0.4 is 4.74 Å². The highest BCUT2D eigenvalue weighted by molar-refractivity contribution is 9.10. The zero-order valence-electron chi connectivity index (χ0n) is 13.3. The number of rotatable bonds is 4. The van der Waals surface area contributed by atoms with Gasteiger partial charge in [0.05, 0.1) is 37.8 Å². The summed E-state index contributed by atoms with van der Waals surface area (Å²) >= 11 is 3.39. The average Bonchev–Trinajstić information content (AvgIpc) is 3.20. The molecular formula is C18H17BrO5. The van der Waals surface area contributed by atoms with Crippen LogP contribution >= 0.6 is 15.9 Å². The Balaban J connectivity index is 1.71. The third-order valence-corrected chi connectivity index (χ3v) is 5.65. The molecule has 126 valence electrons. The predicted octanol–water partition coefficient (Wildman–Crippen LogP) is 2.28. The van der Waals surface area contributed by atoms with E-state index >= 15 is 0 Å². The molecule has 0 radical (unpaired) electrons. The maximum Gasteiger partial charge on any atom is 0.154 e. The smallest absolute Gasteiger partial charge is 0.154 e. The van der Waals surface area contributed by atoms with Gasteiger partial charge in [-0.3, -0.25) is 9.59 Å². The summed E-state index contributed by atoms with van der Waals surface area (Å²) in [7, 11) is 3.16. The van der Waals surface area contributed by atoms with Crippen LogP contribution in [0, 0.1) is 11.8 Å². The first kappa shape index (κ1) is 16.0. The normalized spacial score (nSPS) is 33.8. The lowest BCUT2D eigenvalue weighted by Crippen LogP contribution is -2.30. The van der Waals surface area contributed by atoms with Crippen molar-refractivity contribution in [2.45, 2.75) is 18.1 Å². The van der Waals surface area contributed by atoms with Crippen molar-refractivity contribution >= 4 is 27.5 Å². The molecule has 1 aliphatic carbocycles. The molecule has 2 aliphatic heterocycles. The van der Waals surface area contributed by atoms with Gasteiger partial charge >= 0.3 is 0 Å². The van der Waals surface area contributed by atoms with Crippen molar-refractivity contribution in [3.63, 3.8) is 0 Å². The van der Waals surface area contributed by atoms with Gasteiger partial charge in [0.15, 0.2) is 11.6 Å². The molecule has 0 amide bonds. The highest BCUT2D eigenvalue weighted by atomic mass is 79.9. The molecule has 24 heavy (non-hydrogen) atoms. The van der Waals surface area contributed by atoms with E-state index in [-0.39, 0.29) is 29.7 Å². The first-order chi connectivity index (χ1) is 11.6. The molecule has 0 spiro atoms. The maximum atomic E-state index is 13.1. The van der Waals surface area contributed by atoms with Crippen LogP contribution in [0.1, 0.15) is 11.5 Å². The third-order valence-electron chi connectivity index (χ3n) is 5.16. The molecule has 6 heteroatoms. The summed E-state index contributed by atoms with van der Waals surface area (Å²) in [5, 5.41) is 0. The molecule has 5 atom stereocenters. The largest absolute Gasteiger partial charge is 0.496 e. The topological polar surface area (TPSA) is 61.8 Å². The minimum absolute atomic E-state index is 0.0640.